The van der Waals surface area contributed by atoms with E-state index in [9.17, 15) is 19.2 Å². The molecule has 0 unspecified atom stereocenters. The Kier molecular flexibility index (Phi) is 10.4. The molecule has 1 atom stereocenters. The fraction of sp³-hybridized carbons (Fsp3) is 0.419. The summed E-state index contributed by atoms with van der Waals surface area (Å²) in [6, 6.07) is 11.8. The van der Waals surface area contributed by atoms with Gasteiger partial charge in [0.2, 0.25) is 11.8 Å². The molecule has 5 rings (SSSR count). The van der Waals surface area contributed by atoms with Crippen LogP contribution in [-0.2, 0) is 9.59 Å². The largest absolute Gasteiger partial charge is 0.397 e. The van der Waals surface area contributed by atoms with Gasteiger partial charge in [0.05, 0.1) is 17.9 Å². The van der Waals surface area contributed by atoms with Gasteiger partial charge in [-0.05, 0) is 69.4 Å². The van der Waals surface area contributed by atoms with Crippen molar-refractivity contribution in [2.45, 2.75) is 31.3 Å². The van der Waals surface area contributed by atoms with Crippen molar-refractivity contribution in [3.05, 3.63) is 73.7 Å². The number of nitrogens with one attached hydrogen (secondary N) is 2. The number of aromatic amines is 1. The number of carbonyl (C=O) groups excluding carboxylic acids is 3. The van der Waals surface area contributed by atoms with E-state index in [0.29, 0.717) is 46.1 Å². The number of nitrogens with two attached hydrogens (primary N) is 1. The number of hydrogen-bond donors (Lipinski definition) is 3. The van der Waals surface area contributed by atoms with Gasteiger partial charge >= 0.3 is 5.69 Å². The number of hydrogen-bond acceptors (Lipinski definition) is 7. The van der Waals surface area contributed by atoms with Gasteiger partial charge in [-0.1, -0.05) is 30.3 Å². The Morgan fingerprint density at radius 2 is 1.64 bits per heavy atom. The summed E-state index contributed by atoms with van der Waals surface area (Å²) in [4.78, 5) is 62.0. The van der Waals surface area contributed by atoms with Gasteiger partial charge in [-0.25, -0.2) is 4.79 Å². The lowest BCUT2D eigenvalue weighted by molar-refractivity contribution is -0.137. The standard InChI is InChI=1S/C31H37Br2N7O4/c1-37-11-13-38(14-12-37)19-28(42)35-25(17-27(41)21-15-23(32)29(34)24(33)16-21)30(43)39-9-7-22(8-10-39)40-18-26(36-31(40)44)20-5-3-2-4-6-20/h2-6,15-16,18,22,25H,7-14,17,19,34H2,1H3,(H,35,42)(H,36,44)/t25-/m0/s1. The third-order valence-electron chi connectivity index (χ3n) is 8.39. The van der Waals surface area contributed by atoms with Crippen LogP contribution in [0, 0.1) is 0 Å². The summed E-state index contributed by atoms with van der Waals surface area (Å²) in [7, 11) is 2.05. The third kappa shape index (κ3) is 7.68. The van der Waals surface area contributed by atoms with Crippen molar-refractivity contribution in [3.63, 3.8) is 0 Å². The number of likely N-dealkylation sites (N-methyl/N-ethyl adjacent to an activating group) is 1. The number of carbonyl (C=O) groups is 3. The first-order valence-electron chi connectivity index (χ1n) is 14.7. The van der Waals surface area contributed by atoms with Crippen molar-refractivity contribution in [3.8, 4) is 11.3 Å². The molecule has 2 aliphatic rings. The summed E-state index contributed by atoms with van der Waals surface area (Å²) in [5.74, 6) is -0.877. The van der Waals surface area contributed by atoms with E-state index in [1.165, 1.54) is 0 Å². The molecule has 11 nitrogen and oxygen atoms in total. The minimum atomic E-state index is -1.02. The van der Waals surface area contributed by atoms with E-state index in [1.807, 2.05) is 43.6 Å². The number of imidazole rings is 1. The number of halogens is 2. The molecule has 1 aromatic heterocycles. The van der Waals surface area contributed by atoms with Crippen LogP contribution in [0.5, 0.6) is 0 Å². The minimum absolute atomic E-state index is 0.0726. The number of ketones is 1. The second kappa shape index (κ2) is 14.2. The highest BCUT2D eigenvalue weighted by molar-refractivity contribution is 9.11. The molecule has 3 heterocycles. The van der Waals surface area contributed by atoms with Crippen molar-refractivity contribution < 1.29 is 14.4 Å². The van der Waals surface area contributed by atoms with E-state index in [-0.39, 0.29) is 42.3 Å². The molecule has 2 aliphatic heterocycles. The lowest BCUT2D eigenvalue weighted by Gasteiger charge is -2.35. The summed E-state index contributed by atoms with van der Waals surface area (Å²) < 4.78 is 2.84. The lowest BCUT2D eigenvalue weighted by atomic mass is 10.00. The zero-order valence-corrected chi connectivity index (χ0v) is 27.8. The van der Waals surface area contributed by atoms with Gasteiger partial charge < -0.3 is 25.8 Å². The Morgan fingerprint density at radius 1 is 1.00 bits per heavy atom. The van der Waals surface area contributed by atoms with E-state index in [4.69, 9.17) is 5.73 Å². The molecule has 0 bridgehead atoms. The number of nitrogens with zero attached hydrogens (tertiary/aromatic N) is 4. The topological polar surface area (TPSA) is 137 Å². The smallest absolute Gasteiger partial charge is 0.326 e. The number of anilines is 1. The van der Waals surface area contributed by atoms with Crippen molar-refractivity contribution in [1.29, 1.82) is 0 Å². The highest BCUT2D eigenvalue weighted by Gasteiger charge is 2.33. The molecule has 44 heavy (non-hydrogen) atoms. The molecule has 4 N–H and O–H groups in total. The number of piperidine rings is 1. The summed E-state index contributed by atoms with van der Waals surface area (Å²) in [5, 5.41) is 2.87. The van der Waals surface area contributed by atoms with Gasteiger partial charge in [-0.15, -0.1) is 0 Å². The summed E-state index contributed by atoms with van der Waals surface area (Å²) in [6.45, 7) is 4.20. The fourth-order valence-corrected chi connectivity index (χ4v) is 6.91. The Bertz CT molecular complexity index is 1540. The molecule has 3 aromatic rings. The molecule has 0 spiro atoms. The maximum atomic E-state index is 13.8. The molecule has 2 saturated heterocycles. The Balaban J connectivity index is 1.27. The third-order valence-corrected chi connectivity index (χ3v) is 9.70. The molecule has 0 saturated carbocycles. The van der Waals surface area contributed by atoms with Crippen molar-refractivity contribution >= 4 is 55.1 Å². The Morgan fingerprint density at radius 3 is 2.27 bits per heavy atom. The molecule has 2 fully saturated rings. The van der Waals surface area contributed by atoms with Crippen LogP contribution < -0.4 is 16.7 Å². The average molecular weight is 731 g/mol. The normalized spacial score (nSPS) is 17.4. The number of benzene rings is 2. The van der Waals surface area contributed by atoms with Gasteiger partial charge in [0.15, 0.2) is 5.78 Å². The number of piperazine rings is 1. The quantitative estimate of drug-likeness (QED) is 0.228. The van der Waals surface area contributed by atoms with Gasteiger partial charge in [0.25, 0.3) is 0 Å². The Labute approximate surface area is 273 Å². The van der Waals surface area contributed by atoms with Crippen molar-refractivity contribution in [2.24, 2.45) is 0 Å². The van der Waals surface area contributed by atoms with Gasteiger partial charge in [-0.2, -0.15) is 0 Å². The predicted molar refractivity (Wildman–Crippen MR) is 176 cm³/mol. The van der Waals surface area contributed by atoms with Crippen LogP contribution in [0.1, 0.15) is 35.7 Å². The number of rotatable bonds is 9. The van der Waals surface area contributed by atoms with Gasteiger partial charge in [-0.3, -0.25) is 23.9 Å². The zero-order valence-electron chi connectivity index (χ0n) is 24.6. The second-order valence-electron chi connectivity index (χ2n) is 11.5. The minimum Gasteiger partial charge on any atom is -0.397 e. The molecule has 234 valence electrons. The van der Waals surface area contributed by atoms with Crippen LogP contribution in [0.25, 0.3) is 11.3 Å². The van der Waals surface area contributed by atoms with Crippen LogP contribution >= 0.6 is 31.9 Å². The number of nitrogen functional groups attached to an aromatic ring is 1. The summed E-state index contributed by atoms with van der Waals surface area (Å²) >= 11 is 6.76. The SMILES string of the molecule is CN1CCN(CC(=O)N[C@@H](CC(=O)c2cc(Br)c(N)c(Br)c2)C(=O)N2CCC(n3cc(-c4ccccc4)[nH]c3=O)CC2)CC1. The molecular formula is C31H37Br2N7O4. The van der Waals surface area contributed by atoms with E-state index < -0.39 is 6.04 Å². The maximum Gasteiger partial charge on any atom is 0.326 e. The number of Topliss-reactive ketones (excluding diaryl/α,β-unsaturated/α-hetero) is 1. The maximum absolute atomic E-state index is 13.8. The highest BCUT2D eigenvalue weighted by atomic mass is 79.9. The summed E-state index contributed by atoms with van der Waals surface area (Å²) in [6.07, 6.45) is 2.80. The average Bonchev–Trinajstić information content (AvgIpc) is 3.42. The monoisotopic (exact) mass is 729 g/mol. The van der Waals surface area contributed by atoms with E-state index in [1.54, 1.807) is 21.6 Å². The first kappa shape index (κ1) is 32.1. The molecule has 0 radical (unpaired) electrons. The summed E-state index contributed by atoms with van der Waals surface area (Å²) in [5.41, 5.74) is 8.33. The Hall–Kier alpha value is -3.26. The first-order chi connectivity index (χ1) is 21.1. The zero-order chi connectivity index (χ0) is 31.4. The van der Waals surface area contributed by atoms with E-state index >= 15 is 0 Å². The van der Waals surface area contributed by atoms with E-state index in [0.717, 1.165) is 37.4 Å². The van der Waals surface area contributed by atoms with Crippen molar-refractivity contribution in [2.75, 3.05) is 58.6 Å². The van der Waals surface area contributed by atoms with Crippen molar-refractivity contribution in [1.82, 2.24) is 29.6 Å². The van der Waals surface area contributed by atoms with Crippen LogP contribution in [-0.4, -0.2) is 101 Å². The predicted octanol–water partition coefficient (Wildman–Crippen LogP) is 3.12. The molecule has 13 heteroatoms. The number of amides is 2. The highest BCUT2D eigenvalue weighted by Crippen LogP contribution is 2.30. The number of likely N-dealkylation sites (tertiary alicyclic amines) is 1. The van der Waals surface area contributed by atoms with Gasteiger partial charge in [0, 0.05) is 72.4 Å². The number of aromatic nitrogens is 2. The fourth-order valence-electron chi connectivity index (χ4n) is 5.73. The lowest BCUT2D eigenvalue weighted by Crippen LogP contribution is -2.54. The number of H-pyrrole nitrogens is 1. The molecule has 2 aromatic carbocycles. The van der Waals surface area contributed by atoms with E-state index in [2.05, 4.69) is 52.0 Å². The first-order valence-corrected chi connectivity index (χ1v) is 16.3. The molecule has 2 amide bonds. The second-order valence-corrected chi connectivity index (χ2v) is 13.2. The van der Waals surface area contributed by atoms with Crippen LogP contribution in [0.15, 0.2) is 62.4 Å². The van der Waals surface area contributed by atoms with Crippen LogP contribution in [0.3, 0.4) is 0 Å². The van der Waals surface area contributed by atoms with Gasteiger partial charge in [0.1, 0.15) is 6.04 Å². The van der Waals surface area contributed by atoms with Crippen LogP contribution in [0.2, 0.25) is 0 Å². The molecule has 0 aliphatic carbocycles. The van der Waals surface area contributed by atoms with Crippen LogP contribution in [0.4, 0.5) is 5.69 Å². The molecular weight excluding hydrogens is 694 g/mol.